The third kappa shape index (κ3) is 6.03. The molecule has 0 amide bonds. The molecule has 0 radical (unpaired) electrons. The third-order valence-corrected chi connectivity index (χ3v) is 5.20. The van der Waals surface area contributed by atoms with Crippen molar-refractivity contribution in [3.63, 3.8) is 0 Å². The average Bonchev–Trinajstić information content (AvgIpc) is 2.58. The number of hydrogen-bond donors (Lipinski definition) is 2. The largest absolute Gasteiger partial charge is 0.356 e. The van der Waals surface area contributed by atoms with Crippen LogP contribution in [0.15, 0.2) is 17.1 Å². The van der Waals surface area contributed by atoms with E-state index in [1.54, 1.807) is 0 Å². The van der Waals surface area contributed by atoms with Gasteiger partial charge >= 0.3 is 0 Å². The second-order valence-electron chi connectivity index (χ2n) is 7.39. The molecule has 0 saturated carbocycles. The van der Waals surface area contributed by atoms with Gasteiger partial charge in [0, 0.05) is 32.7 Å². The van der Waals surface area contributed by atoms with Crippen molar-refractivity contribution in [1.29, 1.82) is 0 Å². The Kier molecular flexibility index (Phi) is 7.76. The van der Waals surface area contributed by atoms with Crippen molar-refractivity contribution in [2.75, 3.05) is 33.2 Å². The van der Waals surface area contributed by atoms with Crippen LogP contribution in [0.5, 0.6) is 0 Å². The molecule has 0 aliphatic carbocycles. The van der Waals surface area contributed by atoms with Crippen LogP contribution in [0.1, 0.15) is 48.4 Å². The number of nitrogens with one attached hydrogen (secondary N) is 2. The summed E-state index contributed by atoms with van der Waals surface area (Å²) in [6.07, 6.45) is 4.69. The van der Waals surface area contributed by atoms with Gasteiger partial charge in [0.1, 0.15) is 0 Å². The summed E-state index contributed by atoms with van der Waals surface area (Å²) < 4.78 is 0. The van der Waals surface area contributed by atoms with Crippen LogP contribution in [-0.4, -0.2) is 50.1 Å². The lowest BCUT2D eigenvalue weighted by Gasteiger charge is -2.32. The molecule has 0 atom stereocenters. The molecule has 1 heterocycles. The molecule has 140 valence electrons. The smallest absolute Gasteiger partial charge is 0.191 e. The van der Waals surface area contributed by atoms with Gasteiger partial charge in [-0.1, -0.05) is 24.6 Å². The predicted molar refractivity (Wildman–Crippen MR) is 109 cm³/mol. The van der Waals surface area contributed by atoms with E-state index in [0.29, 0.717) is 6.04 Å². The van der Waals surface area contributed by atoms with Gasteiger partial charge in [-0.05, 0) is 69.7 Å². The fourth-order valence-corrected chi connectivity index (χ4v) is 3.92. The highest BCUT2D eigenvalue weighted by Crippen LogP contribution is 2.16. The van der Waals surface area contributed by atoms with Gasteiger partial charge in [-0.25, -0.2) is 0 Å². The molecule has 2 N–H and O–H groups in total. The van der Waals surface area contributed by atoms with Crippen molar-refractivity contribution in [3.8, 4) is 0 Å². The van der Waals surface area contributed by atoms with Gasteiger partial charge in [-0.2, -0.15) is 0 Å². The van der Waals surface area contributed by atoms with Crippen LogP contribution < -0.4 is 10.6 Å². The zero-order chi connectivity index (χ0) is 18.2. The van der Waals surface area contributed by atoms with Gasteiger partial charge in [0.25, 0.3) is 0 Å². The number of piperidine rings is 1. The Bertz CT molecular complexity index is 548. The van der Waals surface area contributed by atoms with Crippen LogP contribution in [0.3, 0.4) is 0 Å². The number of hydrogen-bond acceptors (Lipinski definition) is 2. The van der Waals surface area contributed by atoms with Crippen LogP contribution in [-0.2, 0) is 6.42 Å². The normalized spacial score (nSPS) is 16.9. The number of aliphatic imine (C=N–C) groups is 1. The summed E-state index contributed by atoms with van der Waals surface area (Å²) >= 11 is 0. The number of benzene rings is 1. The third-order valence-electron chi connectivity index (χ3n) is 5.20. The molecule has 1 saturated heterocycles. The summed E-state index contributed by atoms with van der Waals surface area (Å²) in [5, 5.41) is 7.10. The zero-order valence-electron chi connectivity index (χ0n) is 16.8. The van der Waals surface area contributed by atoms with Crippen molar-refractivity contribution >= 4 is 5.96 Å². The van der Waals surface area contributed by atoms with E-state index in [-0.39, 0.29) is 0 Å². The first-order valence-corrected chi connectivity index (χ1v) is 9.79. The van der Waals surface area contributed by atoms with Crippen LogP contribution in [0, 0.1) is 20.8 Å². The molecule has 0 unspecified atom stereocenters. The van der Waals surface area contributed by atoms with E-state index < -0.39 is 0 Å². The summed E-state index contributed by atoms with van der Waals surface area (Å²) in [5.74, 6) is 0.941. The molecule has 4 heteroatoms. The fraction of sp³-hybridized carbons (Fsp3) is 0.667. The van der Waals surface area contributed by atoms with E-state index >= 15 is 0 Å². The first-order chi connectivity index (χ1) is 12.0. The minimum atomic E-state index is 0.544. The van der Waals surface area contributed by atoms with Gasteiger partial charge in [0.15, 0.2) is 5.96 Å². The van der Waals surface area contributed by atoms with E-state index in [2.05, 4.69) is 60.4 Å². The summed E-state index contributed by atoms with van der Waals surface area (Å²) in [7, 11) is 1.87. The predicted octanol–water partition coefficient (Wildman–Crippen LogP) is 3.19. The van der Waals surface area contributed by atoms with Gasteiger partial charge in [-0.3, -0.25) is 4.99 Å². The quantitative estimate of drug-likeness (QED) is 0.615. The molecule has 25 heavy (non-hydrogen) atoms. The second-order valence-corrected chi connectivity index (χ2v) is 7.39. The van der Waals surface area contributed by atoms with Gasteiger partial charge in [0.05, 0.1) is 0 Å². The Hall–Kier alpha value is -1.55. The lowest BCUT2D eigenvalue weighted by atomic mass is 9.97. The Morgan fingerprint density at radius 2 is 1.80 bits per heavy atom. The lowest BCUT2D eigenvalue weighted by molar-refractivity contribution is 0.206. The van der Waals surface area contributed by atoms with Crippen LogP contribution in [0.4, 0.5) is 0 Å². The number of rotatable bonds is 6. The molecule has 0 spiro atoms. The van der Waals surface area contributed by atoms with Crippen molar-refractivity contribution in [2.24, 2.45) is 4.99 Å². The van der Waals surface area contributed by atoms with Crippen molar-refractivity contribution in [3.05, 3.63) is 34.4 Å². The summed E-state index contributed by atoms with van der Waals surface area (Å²) in [6, 6.07) is 5.10. The Labute approximate surface area is 154 Å². The molecule has 2 rings (SSSR count). The molecule has 1 fully saturated rings. The van der Waals surface area contributed by atoms with Crippen molar-refractivity contribution in [2.45, 2.75) is 59.4 Å². The van der Waals surface area contributed by atoms with Gasteiger partial charge < -0.3 is 15.5 Å². The number of nitrogens with zero attached hydrogens (tertiary/aromatic N) is 2. The Morgan fingerprint density at radius 1 is 1.16 bits per heavy atom. The first kappa shape index (κ1) is 19.8. The standard InChI is InChI=1S/C21H36N4/c1-6-11-25-12-8-19(9-13-25)24-21(22-5)23-10-7-20-17(3)14-16(2)15-18(20)4/h14-15,19H,6-13H2,1-5H3,(H2,22,23,24). The van der Waals surface area contributed by atoms with E-state index in [1.807, 2.05) is 7.05 Å². The average molecular weight is 345 g/mol. The number of aryl methyl sites for hydroxylation is 3. The Morgan fingerprint density at radius 3 is 2.36 bits per heavy atom. The highest BCUT2D eigenvalue weighted by molar-refractivity contribution is 5.80. The molecule has 1 aliphatic heterocycles. The van der Waals surface area contributed by atoms with Crippen LogP contribution in [0.2, 0.25) is 0 Å². The monoisotopic (exact) mass is 344 g/mol. The summed E-state index contributed by atoms with van der Waals surface area (Å²) in [6.45, 7) is 13.4. The maximum Gasteiger partial charge on any atom is 0.191 e. The van der Waals surface area contributed by atoms with E-state index in [9.17, 15) is 0 Å². The summed E-state index contributed by atoms with van der Waals surface area (Å²) in [4.78, 5) is 6.98. The van der Waals surface area contributed by atoms with Gasteiger partial charge in [-0.15, -0.1) is 0 Å². The Balaban J connectivity index is 1.78. The highest BCUT2D eigenvalue weighted by atomic mass is 15.2. The molecular formula is C21H36N4. The van der Waals surface area contributed by atoms with Crippen LogP contribution in [0.25, 0.3) is 0 Å². The molecule has 1 aliphatic rings. The fourth-order valence-electron chi connectivity index (χ4n) is 3.92. The first-order valence-electron chi connectivity index (χ1n) is 9.79. The lowest BCUT2D eigenvalue weighted by Crippen LogP contribution is -2.49. The molecule has 0 aromatic heterocycles. The zero-order valence-corrected chi connectivity index (χ0v) is 16.8. The maximum atomic E-state index is 4.41. The van der Waals surface area contributed by atoms with E-state index in [1.165, 1.54) is 61.2 Å². The number of likely N-dealkylation sites (tertiary alicyclic amines) is 1. The minimum absolute atomic E-state index is 0.544. The molecule has 4 nitrogen and oxygen atoms in total. The van der Waals surface area contributed by atoms with Crippen molar-refractivity contribution < 1.29 is 0 Å². The molecule has 1 aromatic carbocycles. The molecule has 0 bridgehead atoms. The highest BCUT2D eigenvalue weighted by Gasteiger charge is 2.19. The van der Waals surface area contributed by atoms with E-state index in [4.69, 9.17) is 0 Å². The minimum Gasteiger partial charge on any atom is -0.356 e. The second kappa shape index (κ2) is 9.81. The maximum absolute atomic E-state index is 4.41. The number of guanidine groups is 1. The van der Waals surface area contributed by atoms with Crippen LogP contribution >= 0.6 is 0 Å². The topological polar surface area (TPSA) is 39.7 Å². The summed E-state index contributed by atoms with van der Waals surface area (Å²) in [5.41, 5.74) is 5.59. The van der Waals surface area contributed by atoms with Crippen molar-refractivity contribution in [1.82, 2.24) is 15.5 Å². The van der Waals surface area contributed by atoms with E-state index in [0.717, 1.165) is 18.9 Å². The molecule has 1 aromatic rings. The molecular weight excluding hydrogens is 308 g/mol. The SMILES string of the molecule is CCCN1CCC(NC(=NC)NCCc2c(C)cc(C)cc2C)CC1. The van der Waals surface area contributed by atoms with Gasteiger partial charge in [0.2, 0.25) is 0 Å².